The summed E-state index contributed by atoms with van der Waals surface area (Å²) < 4.78 is 13.3. The number of hydrogen-bond acceptors (Lipinski definition) is 5. The minimum Gasteiger partial charge on any atom is -0.490 e. The van der Waals surface area contributed by atoms with Gasteiger partial charge in [0.15, 0.2) is 23.1 Å². The quantitative estimate of drug-likeness (QED) is 0.216. The zero-order valence-corrected chi connectivity index (χ0v) is 26.2. The fourth-order valence-corrected chi connectivity index (χ4v) is 7.37. The van der Waals surface area contributed by atoms with Gasteiger partial charge in [-0.05, 0) is 90.4 Å². The smallest absolute Gasteiger partial charge is 0.174 e. The van der Waals surface area contributed by atoms with Crippen molar-refractivity contribution in [2.75, 3.05) is 13.2 Å². The Kier molecular flexibility index (Phi) is 8.79. The predicted octanol–water partition coefficient (Wildman–Crippen LogP) is 7.93. The van der Waals surface area contributed by atoms with Gasteiger partial charge < -0.3 is 14.4 Å². The van der Waals surface area contributed by atoms with E-state index in [1.54, 1.807) is 0 Å². The van der Waals surface area contributed by atoms with Crippen molar-refractivity contribution in [3.63, 3.8) is 0 Å². The first-order valence-corrected chi connectivity index (χ1v) is 16.1. The summed E-state index contributed by atoms with van der Waals surface area (Å²) in [7, 11) is 0. The topological polar surface area (TPSA) is 55.8 Å². The Bertz CT molecular complexity index is 1500. The Labute approximate surface area is 261 Å². The van der Waals surface area contributed by atoms with Crippen molar-refractivity contribution in [1.82, 2.24) is 4.90 Å². The van der Waals surface area contributed by atoms with E-state index in [0.717, 1.165) is 75.9 Å². The van der Waals surface area contributed by atoms with Gasteiger partial charge in [-0.25, -0.2) is 0 Å². The first-order valence-electron chi connectivity index (χ1n) is 15.0. The number of allylic oxidation sites excluding steroid dienone is 4. The van der Waals surface area contributed by atoms with Crippen LogP contribution in [0.3, 0.4) is 0 Å². The van der Waals surface area contributed by atoms with Crippen LogP contribution in [0.4, 0.5) is 0 Å². The highest BCUT2D eigenvalue weighted by atomic mass is 127. The van der Waals surface area contributed by atoms with Crippen molar-refractivity contribution in [2.24, 2.45) is 0 Å². The molecule has 0 bridgehead atoms. The highest BCUT2D eigenvalue weighted by Gasteiger charge is 2.43. The van der Waals surface area contributed by atoms with Crippen molar-refractivity contribution in [2.45, 2.75) is 64.4 Å². The molecule has 3 aromatic carbocycles. The lowest BCUT2D eigenvalue weighted by atomic mass is 9.71. The average Bonchev–Trinajstić information content (AvgIpc) is 3.00. The number of ketones is 2. The number of nitrogens with zero attached hydrogens (tertiary/aromatic N) is 1. The van der Waals surface area contributed by atoms with E-state index in [4.69, 9.17) is 9.47 Å². The van der Waals surface area contributed by atoms with E-state index in [-0.39, 0.29) is 17.5 Å². The first-order chi connectivity index (χ1) is 20.5. The molecule has 0 saturated carbocycles. The van der Waals surface area contributed by atoms with Gasteiger partial charge in [0.25, 0.3) is 0 Å². The molecule has 2 aliphatic carbocycles. The molecule has 216 valence electrons. The van der Waals surface area contributed by atoms with Crippen molar-refractivity contribution in [3.8, 4) is 11.5 Å². The Morgan fingerprint density at radius 3 is 1.98 bits per heavy atom. The number of benzene rings is 3. The van der Waals surface area contributed by atoms with E-state index in [0.29, 0.717) is 37.6 Å². The number of carbonyl (C=O) groups is 2. The van der Waals surface area contributed by atoms with Crippen LogP contribution >= 0.6 is 22.6 Å². The minimum atomic E-state index is -0.375. The molecule has 0 N–H and O–H groups in total. The second kappa shape index (κ2) is 12.9. The van der Waals surface area contributed by atoms with Gasteiger partial charge in [0.05, 0.1) is 10.2 Å². The summed E-state index contributed by atoms with van der Waals surface area (Å²) in [5.41, 5.74) is 7.10. The van der Waals surface area contributed by atoms with E-state index in [1.165, 1.54) is 5.56 Å². The van der Waals surface area contributed by atoms with Crippen molar-refractivity contribution >= 4 is 34.2 Å². The van der Waals surface area contributed by atoms with Crippen molar-refractivity contribution in [3.05, 3.63) is 116 Å². The lowest BCUT2D eigenvalue weighted by molar-refractivity contribution is -0.117. The van der Waals surface area contributed by atoms with E-state index in [1.807, 2.05) is 49.4 Å². The van der Waals surface area contributed by atoms with Crippen LogP contribution in [0.25, 0.3) is 0 Å². The van der Waals surface area contributed by atoms with E-state index < -0.39 is 0 Å². The molecule has 1 aliphatic heterocycles. The van der Waals surface area contributed by atoms with Crippen molar-refractivity contribution < 1.29 is 19.1 Å². The van der Waals surface area contributed by atoms with Crippen LogP contribution in [0.5, 0.6) is 11.5 Å². The Hall–Kier alpha value is -3.39. The molecular formula is C36H36INO4. The van der Waals surface area contributed by atoms with Gasteiger partial charge in [0, 0.05) is 47.8 Å². The number of hydrogen-bond donors (Lipinski definition) is 0. The molecule has 0 saturated heterocycles. The standard InChI is InChI=1S/C36H36INO4/c1-2-41-32-22-26(21-27(37)36(32)42-23-25-13-7-4-8-14-25)33-34-28(15-9-17-30(34)39)38(20-19-24-11-5-3-6-12-24)29-16-10-18-31(40)35(29)33/h3-8,11-14,21-22,33H,2,9-10,15-20,23H2,1H3. The SMILES string of the molecule is CCOc1cc(C2C3=C(CCCC3=O)N(CCc3ccccc3)C3=C2C(=O)CCC3)cc(I)c1OCc1ccccc1. The second-order valence-electron chi connectivity index (χ2n) is 11.1. The van der Waals surface area contributed by atoms with E-state index in [9.17, 15) is 9.59 Å². The van der Waals surface area contributed by atoms with Crippen LogP contribution in [0.2, 0.25) is 0 Å². The van der Waals surface area contributed by atoms with Crippen molar-refractivity contribution in [1.29, 1.82) is 0 Å². The Balaban J connectivity index is 1.43. The summed E-state index contributed by atoms with van der Waals surface area (Å²) in [5, 5.41) is 0. The van der Waals surface area contributed by atoms with Crippen LogP contribution in [0.15, 0.2) is 95.3 Å². The fourth-order valence-electron chi connectivity index (χ4n) is 6.59. The third kappa shape index (κ3) is 5.78. The largest absolute Gasteiger partial charge is 0.490 e. The molecule has 0 spiro atoms. The van der Waals surface area contributed by atoms with Gasteiger partial charge in [-0.1, -0.05) is 60.7 Å². The van der Waals surface area contributed by atoms with Crippen LogP contribution in [0, 0.1) is 3.57 Å². The van der Waals surface area contributed by atoms with Crippen LogP contribution < -0.4 is 9.47 Å². The zero-order valence-electron chi connectivity index (χ0n) is 24.0. The predicted molar refractivity (Wildman–Crippen MR) is 172 cm³/mol. The normalized spacial score (nSPS) is 17.3. The molecule has 3 aromatic rings. The summed E-state index contributed by atoms with van der Waals surface area (Å²) in [6, 6.07) is 24.6. The molecule has 0 aromatic heterocycles. The number of rotatable bonds is 9. The summed E-state index contributed by atoms with van der Waals surface area (Å²) >= 11 is 2.30. The first kappa shape index (κ1) is 28.7. The third-order valence-electron chi connectivity index (χ3n) is 8.44. The fraction of sp³-hybridized carbons (Fsp3) is 0.333. The maximum Gasteiger partial charge on any atom is 0.174 e. The Morgan fingerprint density at radius 2 is 1.38 bits per heavy atom. The minimum absolute atomic E-state index is 0.160. The van der Waals surface area contributed by atoms with Gasteiger partial charge in [-0.15, -0.1) is 0 Å². The van der Waals surface area contributed by atoms with Gasteiger partial charge >= 0.3 is 0 Å². The molecule has 0 atom stereocenters. The molecule has 0 fully saturated rings. The summed E-state index contributed by atoms with van der Waals surface area (Å²) in [6.45, 7) is 3.64. The van der Waals surface area contributed by atoms with Gasteiger partial charge in [-0.2, -0.15) is 0 Å². The number of Topliss-reactive ketones (excluding diaryl/α,β-unsaturated/α-hetero) is 2. The monoisotopic (exact) mass is 673 g/mol. The summed E-state index contributed by atoms with van der Waals surface area (Å²) in [4.78, 5) is 29.9. The van der Waals surface area contributed by atoms with Gasteiger partial charge in [-0.3, -0.25) is 9.59 Å². The van der Waals surface area contributed by atoms with E-state index in [2.05, 4.69) is 57.8 Å². The van der Waals surface area contributed by atoms with Crippen LogP contribution in [-0.4, -0.2) is 29.6 Å². The lowest BCUT2D eigenvalue weighted by Gasteiger charge is -2.44. The Morgan fingerprint density at radius 1 is 0.786 bits per heavy atom. The number of ether oxygens (including phenoxy) is 2. The molecule has 5 nitrogen and oxygen atoms in total. The summed E-state index contributed by atoms with van der Waals surface area (Å²) in [6.07, 6.45) is 5.30. The maximum atomic E-state index is 13.8. The number of carbonyl (C=O) groups excluding carboxylic acids is 2. The van der Waals surface area contributed by atoms with Gasteiger partial charge in [0.2, 0.25) is 0 Å². The maximum absolute atomic E-state index is 13.8. The highest BCUT2D eigenvalue weighted by Crippen LogP contribution is 2.50. The molecule has 6 rings (SSSR count). The third-order valence-corrected chi connectivity index (χ3v) is 9.25. The van der Waals surface area contributed by atoms with Crippen LogP contribution in [-0.2, 0) is 22.6 Å². The molecular weight excluding hydrogens is 637 g/mol. The highest BCUT2D eigenvalue weighted by molar-refractivity contribution is 14.1. The molecule has 1 heterocycles. The molecule has 3 aliphatic rings. The molecule has 0 radical (unpaired) electrons. The zero-order chi connectivity index (χ0) is 29.1. The van der Waals surface area contributed by atoms with Gasteiger partial charge in [0.1, 0.15) is 6.61 Å². The lowest BCUT2D eigenvalue weighted by Crippen LogP contribution is -2.40. The average molecular weight is 674 g/mol. The molecule has 42 heavy (non-hydrogen) atoms. The molecule has 6 heteroatoms. The van der Waals surface area contributed by atoms with Crippen LogP contribution in [0.1, 0.15) is 68.1 Å². The summed E-state index contributed by atoms with van der Waals surface area (Å²) in [5.74, 6) is 1.29. The number of halogens is 1. The van der Waals surface area contributed by atoms with E-state index >= 15 is 0 Å². The second-order valence-corrected chi connectivity index (χ2v) is 12.3. The molecule has 0 amide bonds. The molecule has 0 unspecified atom stereocenters.